The maximum atomic E-state index is 12.0. The van der Waals surface area contributed by atoms with Gasteiger partial charge < -0.3 is 14.6 Å². The fourth-order valence-electron chi connectivity index (χ4n) is 1.82. The zero-order valence-electron chi connectivity index (χ0n) is 11.1. The first-order chi connectivity index (χ1) is 9.87. The number of halogens is 3. The third-order valence-corrected chi connectivity index (χ3v) is 2.76. The molecule has 0 atom stereocenters. The Bertz CT molecular complexity index is 654. The Kier molecular flexibility index (Phi) is 4.08. The first kappa shape index (κ1) is 14.8. The number of nitrogens with zero attached hydrogens (tertiary/aromatic N) is 2. The maximum Gasteiger partial charge on any atom is 0.573 e. The van der Waals surface area contributed by atoms with Crippen molar-refractivity contribution in [1.82, 2.24) is 4.57 Å². The van der Waals surface area contributed by atoms with Crippen LogP contribution in [0.5, 0.6) is 5.75 Å². The van der Waals surface area contributed by atoms with E-state index in [1.54, 1.807) is 17.7 Å². The maximum absolute atomic E-state index is 12.0. The number of hydrogen-bond donors (Lipinski definition) is 1. The van der Waals surface area contributed by atoms with Gasteiger partial charge in [0.05, 0.1) is 0 Å². The van der Waals surface area contributed by atoms with E-state index in [4.69, 9.17) is 5.26 Å². The molecular formula is C14H12F3N3O. The standard InChI is InChI=1S/C14H12F3N3O/c1-20-9-10(6-12(20)7-18)8-19-11-2-4-13(5-3-11)21-14(15,16)17/h2-6,9,19H,8H2,1H3. The Labute approximate surface area is 119 Å². The average molecular weight is 295 g/mol. The second kappa shape index (κ2) is 5.79. The lowest BCUT2D eigenvalue weighted by atomic mass is 10.2. The Morgan fingerprint density at radius 2 is 1.95 bits per heavy atom. The normalized spacial score (nSPS) is 11.0. The van der Waals surface area contributed by atoms with Gasteiger partial charge in [0.2, 0.25) is 0 Å². The molecule has 21 heavy (non-hydrogen) atoms. The first-order valence-electron chi connectivity index (χ1n) is 6.02. The SMILES string of the molecule is Cn1cc(CNc2ccc(OC(F)(F)F)cc2)cc1C#N. The largest absolute Gasteiger partial charge is 0.573 e. The number of aromatic nitrogens is 1. The van der Waals surface area contributed by atoms with Crippen molar-refractivity contribution in [2.45, 2.75) is 12.9 Å². The quantitative estimate of drug-likeness (QED) is 0.940. The molecule has 0 aliphatic heterocycles. The molecule has 7 heteroatoms. The van der Waals surface area contributed by atoms with Crippen molar-refractivity contribution in [3.8, 4) is 11.8 Å². The van der Waals surface area contributed by atoms with E-state index in [-0.39, 0.29) is 5.75 Å². The molecule has 110 valence electrons. The molecule has 1 aromatic heterocycles. The van der Waals surface area contributed by atoms with Gasteiger partial charge >= 0.3 is 6.36 Å². The molecule has 0 spiro atoms. The van der Waals surface area contributed by atoms with Crippen molar-refractivity contribution in [3.63, 3.8) is 0 Å². The van der Waals surface area contributed by atoms with Crippen LogP contribution in [-0.4, -0.2) is 10.9 Å². The zero-order valence-corrected chi connectivity index (χ0v) is 11.1. The van der Waals surface area contributed by atoms with Gasteiger partial charge in [-0.1, -0.05) is 0 Å². The number of hydrogen-bond acceptors (Lipinski definition) is 3. The summed E-state index contributed by atoms with van der Waals surface area (Å²) in [5.41, 5.74) is 2.11. The van der Waals surface area contributed by atoms with Crippen molar-refractivity contribution in [2.75, 3.05) is 5.32 Å². The van der Waals surface area contributed by atoms with Crippen LogP contribution in [0.4, 0.5) is 18.9 Å². The second-order valence-corrected chi connectivity index (χ2v) is 4.38. The summed E-state index contributed by atoms with van der Waals surface area (Å²) in [4.78, 5) is 0. The van der Waals surface area contributed by atoms with Crippen LogP contribution < -0.4 is 10.1 Å². The molecule has 4 nitrogen and oxygen atoms in total. The monoisotopic (exact) mass is 295 g/mol. The molecule has 1 N–H and O–H groups in total. The lowest BCUT2D eigenvalue weighted by Crippen LogP contribution is -2.17. The molecule has 0 unspecified atom stereocenters. The smallest absolute Gasteiger partial charge is 0.406 e. The summed E-state index contributed by atoms with van der Waals surface area (Å²) in [6.45, 7) is 0.467. The zero-order chi connectivity index (χ0) is 15.5. The van der Waals surface area contributed by atoms with Gasteiger partial charge in [-0.15, -0.1) is 13.2 Å². The van der Waals surface area contributed by atoms with Crippen molar-refractivity contribution in [2.24, 2.45) is 7.05 Å². The number of nitriles is 1. The number of rotatable bonds is 4. The van der Waals surface area contributed by atoms with Crippen LogP contribution in [0.1, 0.15) is 11.3 Å². The van der Waals surface area contributed by atoms with Crippen LogP contribution in [0, 0.1) is 11.3 Å². The predicted molar refractivity (Wildman–Crippen MR) is 70.6 cm³/mol. The van der Waals surface area contributed by atoms with Crippen LogP contribution in [0.15, 0.2) is 36.5 Å². The lowest BCUT2D eigenvalue weighted by Gasteiger charge is -2.10. The average Bonchev–Trinajstić information content (AvgIpc) is 2.77. The lowest BCUT2D eigenvalue weighted by molar-refractivity contribution is -0.274. The van der Waals surface area contributed by atoms with Crippen molar-refractivity contribution >= 4 is 5.69 Å². The van der Waals surface area contributed by atoms with E-state index in [1.165, 1.54) is 24.3 Å². The van der Waals surface area contributed by atoms with Gasteiger partial charge in [-0.2, -0.15) is 5.26 Å². The predicted octanol–water partition coefficient (Wildman–Crippen LogP) is 3.41. The molecule has 0 bridgehead atoms. The molecule has 0 aliphatic rings. The molecule has 2 aromatic rings. The van der Waals surface area contributed by atoms with Gasteiger partial charge in [-0.05, 0) is 35.9 Å². The van der Waals surface area contributed by atoms with E-state index in [0.29, 0.717) is 17.9 Å². The Balaban J connectivity index is 1.96. The van der Waals surface area contributed by atoms with Crippen LogP contribution >= 0.6 is 0 Å². The summed E-state index contributed by atoms with van der Waals surface area (Å²) in [6.07, 6.45) is -2.88. The van der Waals surface area contributed by atoms with E-state index in [1.807, 2.05) is 6.20 Å². The van der Waals surface area contributed by atoms with Crippen LogP contribution in [0.2, 0.25) is 0 Å². The minimum absolute atomic E-state index is 0.264. The number of ether oxygens (including phenoxy) is 1. The summed E-state index contributed by atoms with van der Waals surface area (Å²) >= 11 is 0. The number of nitrogens with one attached hydrogen (secondary N) is 1. The fraction of sp³-hybridized carbons (Fsp3) is 0.214. The summed E-state index contributed by atoms with van der Waals surface area (Å²) in [6, 6.07) is 9.27. The molecule has 0 aliphatic carbocycles. The molecule has 1 heterocycles. The number of aryl methyl sites for hydroxylation is 1. The minimum Gasteiger partial charge on any atom is -0.406 e. The molecule has 0 saturated heterocycles. The number of benzene rings is 1. The molecule has 0 radical (unpaired) electrons. The molecular weight excluding hydrogens is 283 g/mol. The third-order valence-electron chi connectivity index (χ3n) is 2.76. The van der Waals surface area contributed by atoms with Gasteiger partial charge in [0.1, 0.15) is 17.5 Å². The highest BCUT2D eigenvalue weighted by Gasteiger charge is 2.30. The van der Waals surface area contributed by atoms with Crippen molar-refractivity contribution in [1.29, 1.82) is 5.26 Å². The van der Waals surface area contributed by atoms with Crippen LogP contribution in [0.3, 0.4) is 0 Å². The molecule has 1 aromatic carbocycles. The fourth-order valence-corrected chi connectivity index (χ4v) is 1.82. The second-order valence-electron chi connectivity index (χ2n) is 4.38. The van der Waals surface area contributed by atoms with E-state index in [0.717, 1.165) is 5.56 Å². The highest BCUT2D eigenvalue weighted by atomic mass is 19.4. The molecule has 0 saturated carbocycles. The topological polar surface area (TPSA) is 50.0 Å². The van der Waals surface area contributed by atoms with E-state index in [2.05, 4.69) is 16.1 Å². The Morgan fingerprint density at radius 3 is 2.48 bits per heavy atom. The van der Waals surface area contributed by atoms with Gasteiger partial charge in [0.25, 0.3) is 0 Å². The summed E-state index contributed by atoms with van der Waals surface area (Å²) in [5.74, 6) is -0.264. The summed E-state index contributed by atoms with van der Waals surface area (Å²) in [5, 5.41) is 11.9. The third kappa shape index (κ3) is 4.18. The van der Waals surface area contributed by atoms with Gasteiger partial charge in [-0.25, -0.2) is 0 Å². The Hall–Kier alpha value is -2.62. The van der Waals surface area contributed by atoms with Gasteiger partial charge in [0.15, 0.2) is 0 Å². The van der Waals surface area contributed by atoms with E-state index < -0.39 is 6.36 Å². The van der Waals surface area contributed by atoms with E-state index in [9.17, 15) is 13.2 Å². The number of anilines is 1. The van der Waals surface area contributed by atoms with Gasteiger partial charge in [-0.3, -0.25) is 0 Å². The minimum atomic E-state index is -4.69. The van der Waals surface area contributed by atoms with E-state index >= 15 is 0 Å². The first-order valence-corrected chi connectivity index (χ1v) is 6.02. The molecule has 0 fully saturated rings. The van der Waals surface area contributed by atoms with Crippen molar-refractivity contribution < 1.29 is 17.9 Å². The highest BCUT2D eigenvalue weighted by molar-refractivity contribution is 5.47. The molecule has 2 rings (SSSR count). The Morgan fingerprint density at radius 1 is 1.29 bits per heavy atom. The van der Waals surface area contributed by atoms with Gasteiger partial charge in [0, 0.05) is 25.5 Å². The number of alkyl halides is 3. The van der Waals surface area contributed by atoms with Crippen LogP contribution in [-0.2, 0) is 13.6 Å². The molecule has 0 amide bonds. The summed E-state index contributed by atoms with van der Waals surface area (Å²) < 4.78 is 41.5. The van der Waals surface area contributed by atoms with Crippen LogP contribution in [0.25, 0.3) is 0 Å². The summed E-state index contributed by atoms with van der Waals surface area (Å²) in [7, 11) is 1.77. The highest BCUT2D eigenvalue weighted by Crippen LogP contribution is 2.24. The van der Waals surface area contributed by atoms with Crippen molar-refractivity contribution in [3.05, 3.63) is 47.8 Å².